The first-order valence-corrected chi connectivity index (χ1v) is 9.05. The lowest BCUT2D eigenvalue weighted by Gasteiger charge is -2.10. The molecule has 1 fully saturated rings. The molecule has 0 spiro atoms. The van der Waals surface area contributed by atoms with Crippen LogP contribution in [0.2, 0.25) is 0 Å². The molecule has 0 aliphatic heterocycles. The van der Waals surface area contributed by atoms with Gasteiger partial charge >= 0.3 is 0 Å². The largest absolute Gasteiger partial charge is 0.356 e. The Morgan fingerprint density at radius 3 is 2.95 bits per heavy atom. The number of amides is 1. The van der Waals surface area contributed by atoms with Gasteiger partial charge in [0.15, 0.2) is 0 Å². The van der Waals surface area contributed by atoms with E-state index in [1.807, 2.05) is 11.3 Å². The Balaban J connectivity index is 1.38. The molecule has 1 saturated carbocycles. The van der Waals surface area contributed by atoms with E-state index in [4.69, 9.17) is 10.7 Å². The zero-order valence-electron chi connectivity index (χ0n) is 12.6. The Hall–Kier alpha value is -0.940. The summed E-state index contributed by atoms with van der Waals surface area (Å²) in [5.74, 6) is 0.341. The summed E-state index contributed by atoms with van der Waals surface area (Å²) < 4.78 is 0. The molecule has 2 unspecified atom stereocenters. The van der Waals surface area contributed by atoms with Crippen LogP contribution in [0.1, 0.15) is 54.1 Å². The lowest BCUT2D eigenvalue weighted by Crippen LogP contribution is -2.31. The van der Waals surface area contributed by atoms with E-state index in [1.54, 1.807) is 0 Å². The van der Waals surface area contributed by atoms with Gasteiger partial charge in [-0.25, -0.2) is 4.98 Å². The van der Waals surface area contributed by atoms with E-state index in [9.17, 15) is 4.79 Å². The lowest BCUT2D eigenvalue weighted by molar-refractivity contribution is -0.124. The quantitative estimate of drug-likeness (QED) is 0.819. The molecule has 5 heteroatoms. The Morgan fingerprint density at radius 1 is 1.33 bits per heavy atom. The molecule has 3 N–H and O–H groups in total. The van der Waals surface area contributed by atoms with E-state index >= 15 is 0 Å². The molecule has 0 radical (unpaired) electrons. The fraction of sp³-hybridized carbons (Fsp3) is 0.750. The minimum Gasteiger partial charge on any atom is -0.356 e. The van der Waals surface area contributed by atoms with Gasteiger partial charge in [-0.05, 0) is 51.4 Å². The number of aryl methyl sites for hydroxylation is 3. The molecule has 2 atom stereocenters. The standard InChI is InChI=1S/C16H25N3OS/c17-12-8-7-11(10-12)16(20)18-9-3-6-15-19-13-4-1-2-5-14(13)21-15/h11-12H,1-10,17H2,(H,18,20). The third-order valence-electron chi connectivity index (χ3n) is 4.60. The van der Waals surface area contributed by atoms with Crippen molar-refractivity contribution in [1.29, 1.82) is 0 Å². The summed E-state index contributed by atoms with van der Waals surface area (Å²) in [4.78, 5) is 18.2. The second-order valence-electron chi connectivity index (χ2n) is 6.35. The van der Waals surface area contributed by atoms with Gasteiger partial charge in [0.25, 0.3) is 0 Å². The van der Waals surface area contributed by atoms with E-state index in [0.29, 0.717) is 0 Å². The van der Waals surface area contributed by atoms with Crippen LogP contribution in [0.15, 0.2) is 0 Å². The monoisotopic (exact) mass is 307 g/mol. The van der Waals surface area contributed by atoms with Crippen LogP contribution in [-0.4, -0.2) is 23.5 Å². The first-order chi connectivity index (χ1) is 10.2. The van der Waals surface area contributed by atoms with Gasteiger partial charge in [0.2, 0.25) is 5.91 Å². The molecule has 2 aliphatic rings. The van der Waals surface area contributed by atoms with Crippen molar-refractivity contribution in [1.82, 2.24) is 10.3 Å². The first-order valence-electron chi connectivity index (χ1n) is 8.23. The normalized spacial score (nSPS) is 24.8. The Morgan fingerprint density at radius 2 is 2.19 bits per heavy atom. The van der Waals surface area contributed by atoms with Crippen LogP contribution in [0.5, 0.6) is 0 Å². The average Bonchev–Trinajstić information content (AvgIpc) is 3.09. The number of nitrogens with one attached hydrogen (secondary N) is 1. The fourth-order valence-electron chi connectivity index (χ4n) is 3.36. The molecule has 1 amide bonds. The zero-order chi connectivity index (χ0) is 14.7. The van der Waals surface area contributed by atoms with Crippen LogP contribution in [0, 0.1) is 5.92 Å². The highest BCUT2D eigenvalue weighted by Crippen LogP contribution is 2.27. The van der Waals surface area contributed by atoms with E-state index in [0.717, 1.165) is 45.1 Å². The van der Waals surface area contributed by atoms with Crippen molar-refractivity contribution in [2.75, 3.05) is 6.54 Å². The van der Waals surface area contributed by atoms with Crippen molar-refractivity contribution in [3.8, 4) is 0 Å². The van der Waals surface area contributed by atoms with Crippen LogP contribution in [0.4, 0.5) is 0 Å². The molecule has 0 aromatic carbocycles. The van der Waals surface area contributed by atoms with Crippen molar-refractivity contribution in [2.24, 2.45) is 11.7 Å². The third kappa shape index (κ3) is 3.83. The number of aromatic nitrogens is 1. The smallest absolute Gasteiger partial charge is 0.223 e. The van der Waals surface area contributed by atoms with E-state index in [-0.39, 0.29) is 17.9 Å². The molecule has 2 aliphatic carbocycles. The van der Waals surface area contributed by atoms with Gasteiger partial charge < -0.3 is 11.1 Å². The molecule has 4 nitrogen and oxygen atoms in total. The number of nitrogens with zero attached hydrogens (tertiary/aromatic N) is 1. The topological polar surface area (TPSA) is 68.0 Å². The molecule has 0 bridgehead atoms. The highest BCUT2D eigenvalue weighted by atomic mass is 32.1. The van der Waals surface area contributed by atoms with Crippen LogP contribution in [0.25, 0.3) is 0 Å². The number of carbonyl (C=O) groups excluding carboxylic acids is 1. The first kappa shape index (κ1) is 15.0. The zero-order valence-corrected chi connectivity index (χ0v) is 13.4. The molecule has 3 rings (SSSR count). The SMILES string of the molecule is NC1CCC(C(=O)NCCCc2nc3c(s2)CCCC3)C1. The number of nitrogens with two attached hydrogens (primary N) is 1. The molecule has 1 aromatic heterocycles. The van der Waals surface area contributed by atoms with E-state index in [2.05, 4.69) is 5.32 Å². The Bertz CT molecular complexity index is 476. The van der Waals surface area contributed by atoms with Gasteiger partial charge in [-0.15, -0.1) is 11.3 Å². The van der Waals surface area contributed by atoms with Crippen LogP contribution >= 0.6 is 11.3 Å². The van der Waals surface area contributed by atoms with Crippen molar-refractivity contribution < 1.29 is 4.79 Å². The van der Waals surface area contributed by atoms with E-state index in [1.165, 1.54) is 34.8 Å². The maximum absolute atomic E-state index is 12.0. The minimum absolute atomic E-state index is 0.146. The Labute approximate surface area is 130 Å². The summed E-state index contributed by atoms with van der Waals surface area (Å²) in [6.45, 7) is 0.759. The maximum Gasteiger partial charge on any atom is 0.223 e. The van der Waals surface area contributed by atoms with Crippen molar-refractivity contribution in [2.45, 2.75) is 63.8 Å². The average molecular weight is 307 g/mol. The van der Waals surface area contributed by atoms with Gasteiger partial charge in [0.05, 0.1) is 10.7 Å². The summed E-state index contributed by atoms with van der Waals surface area (Å²) in [5, 5.41) is 4.31. The number of hydrogen-bond acceptors (Lipinski definition) is 4. The van der Waals surface area contributed by atoms with Gasteiger partial charge in [-0.1, -0.05) is 0 Å². The summed E-state index contributed by atoms with van der Waals surface area (Å²) in [6, 6.07) is 0.224. The lowest BCUT2D eigenvalue weighted by atomic mass is 10.0. The number of hydrogen-bond donors (Lipinski definition) is 2. The van der Waals surface area contributed by atoms with Crippen molar-refractivity contribution in [3.05, 3.63) is 15.6 Å². The minimum atomic E-state index is 0.146. The van der Waals surface area contributed by atoms with Crippen molar-refractivity contribution >= 4 is 17.2 Å². The summed E-state index contributed by atoms with van der Waals surface area (Å²) >= 11 is 1.88. The molecule has 0 saturated heterocycles. The van der Waals surface area contributed by atoms with E-state index < -0.39 is 0 Å². The summed E-state index contributed by atoms with van der Waals surface area (Å²) in [6.07, 6.45) is 9.74. The second-order valence-corrected chi connectivity index (χ2v) is 7.52. The predicted octanol–water partition coefficient (Wildman–Crippen LogP) is 2.20. The van der Waals surface area contributed by atoms with Gasteiger partial charge in [0, 0.05) is 29.8 Å². The number of carbonyl (C=O) groups is 1. The summed E-state index contributed by atoms with van der Waals surface area (Å²) in [7, 11) is 0. The predicted molar refractivity (Wildman–Crippen MR) is 85.4 cm³/mol. The number of fused-ring (bicyclic) bond motifs is 1. The third-order valence-corrected chi connectivity index (χ3v) is 5.82. The Kier molecular flexibility index (Phi) is 4.91. The molecular weight excluding hydrogens is 282 g/mol. The molecule has 21 heavy (non-hydrogen) atoms. The molecular formula is C16H25N3OS. The van der Waals surface area contributed by atoms with Crippen LogP contribution in [0.3, 0.4) is 0 Å². The molecule has 1 aromatic rings. The maximum atomic E-state index is 12.0. The molecule has 116 valence electrons. The van der Waals surface area contributed by atoms with Gasteiger partial charge in [-0.3, -0.25) is 4.79 Å². The number of thiazole rings is 1. The highest BCUT2D eigenvalue weighted by molar-refractivity contribution is 7.11. The highest BCUT2D eigenvalue weighted by Gasteiger charge is 2.27. The van der Waals surface area contributed by atoms with Crippen LogP contribution < -0.4 is 11.1 Å². The fourth-order valence-corrected chi connectivity index (χ4v) is 4.56. The van der Waals surface area contributed by atoms with Gasteiger partial charge in [0.1, 0.15) is 0 Å². The van der Waals surface area contributed by atoms with Crippen LogP contribution in [-0.2, 0) is 24.1 Å². The number of rotatable bonds is 5. The second kappa shape index (κ2) is 6.88. The van der Waals surface area contributed by atoms with Crippen molar-refractivity contribution in [3.63, 3.8) is 0 Å². The summed E-state index contributed by atoms with van der Waals surface area (Å²) in [5.41, 5.74) is 7.19. The van der Waals surface area contributed by atoms with Gasteiger partial charge in [-0.2, -0.15) is 0 Å². The molecule has 1 heterocycles.